The quantitative estimate of drug-likeness (QED) is 0.773. The Hall–Kier alpha value is -0.610. The molecule has 112 valence electrons. The maximum Gasteiger partial charge on any atom is 0.239 e. The standard InChI is InChI=1S/C15H30N2O2/c1-12(2)10-15(4,19)11-16-13(3)14(18)17-8-6-5-7-9-17/h12-13,16,19H,5-11H2,1-4H3. The summed E-state index contributed by atoms with van der Waals surface area (Å²) in [5, 5.41) is 13.4. The first-order chi connectivity index (χ1) is 8.82. The molecule has 2 unspecified atom stereocenters. The van der Waals surface area contributed by atoms with E-state index in [1.807, 2.05) is 18.7 Å². The molecule has 1 fully saturated rings. The minimum absolute atomic E-state index is 0.167. The number of hydrogen-bond donors (Lipinski definition) is 2. The Kier molecular flexibility index (Phi) is 6.27. The molecule has 1 aliphatic rings. The maximum absolute atomic E-state index is 12.2. The lowest BCUT2D eigenvalue weighted by molar-refractivity contribution is -0.134. The number of nitrogens with zero attached hydrogens (tertiary/aromatic N) is 1. The van der Waals surface area contributed by atoms with Crippen LogP contribution in [0.3, 0.4) is 0 Å². The van der Waals surface area contributed by atoms with Crippen molar-refractivity contribution in [3.05, 3.63) is 0 Å². The highest BCUT2D eigenvalue weighted by molar-refractivity contribution is 5.81. The normalized spacial score (nSPS) is 21.3. The van der Waals surface area contributed by atoms with E-state index < -0.39 is 5.60 Å². The van der Waals surface area contributed by atoms with E-state index in [9.17, 15) is 9.90 Å². The number of likely N-dealkylation sites (tertiary alicyclic amines) is 1. The van der Waals surface area contributed by atoms with E-state index in [-0.39, 0.29) is 11.9 Å². The lowest BCUT2D eigenvalue weighted by Crippen LogP contribution is -2.50. The Balaban J connectivity index is 2.37. The number of amides is 1. The van der Waals surface area contributed by atoms with Crippen LogP contribution in [0.5, 0.6) is 0 Å². The number of carbonyl (C=O) groups is 1. The van der Waals surface area contributed by atoms with Gasteiger partial charge in [0.2, 0.25) is 5.91 Å². The van der Waals surface area contributed by atoms with E-state index in [0.29, 0.717) is 12.5 Å². The van der Waals surface area contributed by atoms with E-state index >= 15 is 0 Å². The second kappa shape index (κ2) is 7.25. The van der Waals surface area contributed by atoms with Crippen LogP contribution in [0.4, 0.5) is 0 Å². The summed E-state index contributed by atoms with van der Waals surface area (Å²) in [5.74, 6) is 0.616. The number of hydrogen-bond acceptors (Lipinski definition) is 3. The predicted molar refractivity (Wildman–Crippen MR) is 78.0 cm³/mol. The summed E-state index contributed by atoms with van der Waals surface area (Å²) < 4.78 is 0. The van der Waals surface area contributed by atoms with Crippen molar-refractivity contribution in [1.29, 1.82) is 0 Å². The van der Waals surface area contributed by atoms with Crippen LogP contribution >= 0.6 is 0 Å². The zero-order chi connectivity index (χ0) is 14.5. The third-order valence-electron chi connectivity index (χ3n) is 3.68. The van der Waals surface area contributed by atoms with Gasteiger partial charge in [0, 0.05) is 19.6 Å². The molecule has 0 spiro atoms. The number of carbonyl (C=O) groups excluding carboxylic acids is 1. The van der Waals surface area contributed by atoms with Gasteiger partial charge in [-0.15, -0.1) is 0 Å². The zero-order valence-electron chi connectivity index (χ0n) is 12.9. The Morgan fingerprint density at radius 1 is 1.26 bits per heavy atom. The molecule has 0 bridgehead atoms. The fraction of sp³-hybridized carbons (Fsp3) is 0.933. The summed E-state index contributed by atoms with van der Waals surface area (Å²) in [5.41, 5.74) is -0.745. The van der Waals surface area contributed by atoms with Crippen LogP contribution in [0.1, 0.15) is 53.4 Å². The topological polar surface area (TPSA) is 52.6 Å². The first kappa shape index (κ1) is 16.4. The highest BCUT2D eigenvalue weighted by atomic mass is 16.3. The van der Waals surface area contributed by atoms with Crippen LogP contribution in [-0.4, -0.2) is 47.2 Å². The summed E-state index contributed by atoms with van der Waals surface area (Å²) >= 11 is 0. The van der Waals surface area contributed by atoms with Gasteiger partial charge in [-0.3, -0.25) is 4.79 Å². The largest absolute Gasteiger partial charge is 0.389 e. The maximum atomic E-state index is 12.2. The molecule has 0 aromatic rings. The SMILES string of the molecule is CC(C)CC(C)(O)CNC(C)C(=O)N1CCCCC1. The van der Waals surface area contributed by atoms with Gasteiger partial charge < -0.3 is 15.3 Å². The Labute approximate surface area is 117 Å². The van der Waals surface area contributed by atoms with E-state index in [2.05, 4.69) is 19.2 Å². The highest BCUT2D eigenvalue weighted by Gasteiger charge is 2.26. The molecule has 4 nitrogen and oxygen atoms in total. The van der Waals surface area contributed by atoms with Crippen molar-refractivity contribution in [3.63, 3.8) is 0 Å². The molecule has 1 saturated heterocycles. The van der Waals surface area contributed by atoms with Crippen LogP contribution in [0.2, 0.25) is 0 Å². The number of nitrogens with one attached hydrogen (secondary N) is 1. The molecule has 1 aliphatic heterocycles. The van der Waals surface area contributed by atoms with Gasteiger partial charge in [0.25, 0.3) is 0 Å². The second-order valence-electron chi connectivity index (χ2n) is 6.58. The minimum Gasteiger partial charge on any atom is -0.389 e. The fourth-order valence-electron chi connectivity index (χ4n) is 2.80. The average molecular weight is 270 g/mol. The van der Waals surface area contributed by atoms with Gasteiger partial charge in [-0.2, -0.15) is 0 Å². The van der Waals surface area contributed by atoms with Crippen molar-refractivity contribution >= 4 is 5.91 Å². The van der Waals surface area contributed by atoms with Crippen molar-refractivity contribution in [1.82, 2.24) is 10.2 Å². The van der Waals surface area contributed by atoms with E-state index in [1.54, 1.807) is 0 Å². The molecule has 1 rings (SSSR count). The molecule has 4 heteroatoms. The molecule has 0 aromatic heterocycles. The molecule has 19 heavy (non-hydrogen) atoms. The van der Waals surface area contributed by atoms with Crippen molar-refractivity contribution in [3.8, 4) is 0 Å². The molecule has 0 aromatic carbocycles. The summed E-state index contributed by atoms with van der Waals surface area (Å²) in [6.07, 6.45) is 4.20. The number of piperidine rings is 1. The highest BCUT2D eigenvalue weighted by Crippen LogP contribution is 2.16. The molecule has 2 atom stereocenters. The molecule has 2 N–H and O–H groups in total. The molecule has 0 saturated carbocycles. The third-order valence-corrected chi connectivity index (χ3v) is 3.68. The molecular weight excluding hydrogens is 240 g/mol. The Bertz CT molecular complexity index is 284. The van der Waals surface area contributed by atoms with Gasteiger partial charge in [0.15, 0.2) is 0 Å². The van der Waals surface area contributed by atoms with Gasteiger partial charge in [0.1, 0.15) is 0 Å². The zero-order valence-corrected chi connectivity index (χ0v) is 12.9. The van der Waals surface area contributed by atoms with Crippen molar-refractivity contribution < 1.29 is 9.90 Å². The van der Waals surface area contributed by atoms with Gasteiger partial charge in [-0.25, -0.2) is 0 Å². The third kappa shape index (κ3) is 5.91. The average Bonchev–Trinajstić information content (AvgIpc) is 2.34. The summed E-state index contributed by atoms with van der Waals surface area (Å²) in [6, 6.07) is -0.211. The second-order valence-corrected chi connectivity index (χ2v) is 6.58. The van der Waals surface area contributed by atoms with Crippen LogP contribution in [-0.2, 0) is 4.79 Å². The number of aliphatic hydroxyl groups is 1. The smallest absolute Gasteiger partial charge is 0.239 e. The van der Waals surface area contributed by atoms with Crippen LogP contribution in [0, 0.1) is 5.92 Å². The Morgan fingerprint density at radius 3 is 2.37 bits per heavy atom. The summed E-state index contributed by atoms with van der Waals surface area (Å²) in [6.45, 7) is 10.1. The lowest BCUT2D eigenvalue weighted by Gasteiger charge is -2.31. The monoisotopic (exact) mass is 270 g/mol. The van der Waals surface area contributed by atoms with Gasteiger partial charge in [-0.1, -0.05) is 13.8 Å². The molecule has 1 amide bonds. The van der Waals surface area contributed by atoms with E-state index in [1.165, 1.54) is 6.42 Å². The molecule has 1 heterocycles. The van der Waals surface area contributed by atoms with Gasteiger partial charge in [0.05, 0.1) is 11.6 Å². The minimum atomic E-state index is -0.745. The predicted octanol–water partition coefficient (Wildman–Crippen LogP) is 1.77. The number of rotatable bonds is 6. The van der Waals surface area contributed by atoms with E-state index in [4.69, 9.17) is 0 Å². The molecular formula is C15H30N2O2. The van der Waals surface area contributed by atoms with E-state index in [0.717, 1.165) is 32.4 Å². The van der Waals surface area contributed by atoms with Crippen molar-refractivity contribution in [2.75, 3.05) is 19.6 Å². The van der Waals surface area contributed by atoms with Crippen molar-refractivity contribution in [2.24, 2.45) is 5.92 Å². The summed E-state index contributed by atoms with van der Waals surface area (Å²) in [7, 11) is 0. The van der Waals surface area contributed by atoms with Crippen molar-refractivity contribution in [2.45, 2.75) is 65.0 Å². The van der Waals surface area contributed by atoms with Crippen LogP contribution in [0.15, 0.2) is 0 Å². The van der Waals surface area contributed by atoms with Gasteiger partial charge in [-0.05, 0) is 45.4 Å². The van der Waals surface area contributed by atoms with Gasteiger partial charge >= 0.3 is 0 Å². The first-order valence-corrected chi connectivity index (χ1v) is 7.56. The first-order valence-electron chi connectivity index (χ1n) is 7.56. The fourth-order valence-corrected chi connectivity index (χ4v) is 2.80. The Morgan fingerprint density at radius 2 is 1.84 bits per heavy atom. The lowest BCUT2D eigenvalue weighted by atomic mass is 9.94. The molecule has 0 radical (unpaired) electrons. The van der Waals surface area contributed by atoms with Crippen LogP contribution < -0.4 is 5.32 Å². The molecule has 0 aliphatic carbocycles. The van der Waals surface area contributed by atoms with Crippen LogP contribution in [0.25, 0.3) is 0 Å². The summed E-state index contributed by atoms with van der Waals surface area (Å²) in [4.78, 5) is 14.2.